The predicted octanol–water partition coefficient (Wildman–Crippen LogP) is 3.10. The van der Waals surface area contributed by atoms with Gasteiger partial charge in [-0.2, -0.15) is 0 Å². The van der Waals surface area contributed by atoms with Crippen LogP contribution in [0.25, 0.3) is 0 Å². The summed E-state index contributed by atoms with van der Waals surface area (Å²) in [4.78, 5) is 7.87. The van der Waals surface area contributed by atoms with E-state index in [4.69, 9.17) is 16.0 Å². The van der Waals surface area contributed by atoms with Gasteiger partial charge in [0, 0.05) is 0 Å². The molecule has 1 N–H and O–H groups in total. The largest absolute Gasteiger partial charge is 0.467 e. The summed E-state index contributed by atoms with van der Waals surface area (Å²) < 4.78 is 5.82. The van der Waals surface area contributed by atoms with Crippen molar-refractivity contribution in [3.8, 4) is 0 Å². The van der Waals surface area contributed by atoms with Gasteiger partial charge in [-0.25, -0.2) is 9.97 Å². The lowest BCUT2D eigenvalue weighted by Gasteiger charge is -2.05. The van der Waals surface area contributed by atoms with Crippen LogP contribution < -0.4 is 5.32 Å². The van der Waals surface area contributed by atoms with Gasteiger partial charge in [0.25, 0.3) is 0 Å². The molecule has 6 heteroatoms. The minimum Gasteiger partial charge on any atom is -0.467 e. The van der Waals surface area contributed by atoms with Gasteiger partial charge in [-0.15, -0.1) is 0 Å². The standard InChI is InChI=1S/C9H7BrClN3O/c10-7-8(11)13-5-14-9(7)12-4-6-2-1-3-15-6/h1-3,5H,4H2,(H,12,13,14). The molecule has 0 amide bonds. The summed E-state index contributed by atoms with van der Waals surface area (Å²) in [5, 5.41) is 3.46. The quantitative estimate of drug-likeness (QED) is 0.882. The number of furan rings is 1. The van der Waals surface area contributed by atoms with Gasteiger partial charge >= 0.3 is 0 Å². The first-order valence-corrected chi connectivity index (χ1v) is 5.36. The van der Waals surface area contributed by atoms with Crippen molar-refractivity contribution in [3.63, 3.8) is 0 Å². The first-order chi connectivity index (χ1) is 7.27. The lowest BCUT2D eigenvalue weighted by molar-refractivity contribution is 0.517. The Morgan fingerprint density at radius 1 is 1.47 bits per heavy atom. The zero-order chi connectivity index (χ0) is 10.7. The van der Waals surface area contributed by atoms with E-state index < -0.39 is 0 Å². The van der Waals surface area contributed by atoms with Crippen LogP contribution in [0, 0.1) is 0 Å². The van der Waals surface area contributed by atoms with Crippen LogP contribution in [0.1, 0.15) is 5.76 Å². The highest BCUT2D eigenvalue weighted by Crippen LogP contribution is 2.26. The van der Waals surface area contributed by atoms with Gasteiger partial charge in [-0.1, -0.05) is 11.6 Å². The molecule has 0 fully saturated rings. The van der Waals surface area contributed by atoms with Crippen LogP contribution in [0.5, 0.6) is 0 Å². The maximum Gasteiger partial charge on any atom is 0.148 e. The molecule has 0 radical (unpaired) electrons. The first-order valence-electron chi connectivity index (χ1n) is 4.19. The van der Waals surface area contributed by atoms with Gasteiger partial charge < -0.3 is 9.73 Å². The van der Waals surface area contributed by atoms with Crippen LogP contribution in [0.3, 0.4) is 0 Å². The topological polar surface area (TPSA) is 51.0 Å². The Balaban J connectivity index is 2.08. The molecular formula is C9H7BrClN3O. The molecule has 0 spiro atoms. The van der Waals surface area contributed by atoms with E-state index in [9.17, 15) is 0 Å². The highest BCUT2D eigenvalue weighted by molar-refractivity contribution is 9.10. The molecule has 2 rings (SSSR count). The molecule has 78 valence electrons. The van der Waals surface area contributed by atoms with Gasteiger partial charge in [-0.05, 0) is 28.1 Å². The van der Waals surface area contributed by atoms with E-state index in [1.165, 1.54) is 6.33 Å². The third kappa shape index (κ3) is 2.49. The minimum absolute atomic E-state index is 0.381. The fraction of sp³-hybridized carbons (Fsp3) is 0.111. The van der Waals surface area contributed by atoms with Crippen LogP contribution in [-0.4, -0.2) is 9.97 Å². The fourth-order valence-corrected chi connectivity index (χ4v) is 1.53. The normalized spacial score (nSPS) is 10.3. The lowest BCUT2D eigenvalue weighted by Crippen LogP contribution is -2.01. The number of aromatic nitrogens is 2. The van der Waals surface area contributed by atoms with Crippen molar-refractivity contribution in [3.05, 3.63) is 40.1 Å². The molecule has 2 heterocycles. The van der Waals surface area contributed by atoms with Crippen LogP contribution in [0.2, 0.25) is 5.15 Å². The van der Waals surface area contributed by atoms with E-state index in [-0.39, 0.29) is 0 Å². The van der Waals surface area contributed by atoms with Crippen molar-refractivity contribution in [2.24, 2.45) is 0 Å². The van der Waals surface area contributed by atoms with Crippen LogP contribution in [0.4, 0.5) is 5.82 Å². The molecule has 0 aliphatic rings. The number of anilines is 1. The second-order valence-electron chi connectivity index (χ2n) is 2.76. The highest BCUT2D eigenvalue weighted by Gasteiger charge is 2.06. The summed E-state index contributed by atoms with van der Waals surface area (Å²) in [6.45, 7) is 0.555. The molecule has 0 saturated carbocycles. The van der Waals surface area contributed by atoms with Crippen molar-refractivity contribution in [1.29, 1.82) is 0 Å². The van der Waals surface area contributed by atoms with E-state index >= 15 is 0 Å². The summed E-state index contributed by atoms with van der Waals surface area (Å²) in [5.41, 5.74) is 0. The average molecular weight is 289 g/mol. The molecule has 0 unspecified atom stereocenters. The molecule has 0 aromatic carbocycles. The molecule has 2 aromatic rings. The zero-order valence-corrected chi connectivity index (χ0v) is 9.92. The second-order valence-corrected chi connectivity index (χ2v) is 3.91. The molecule has 0 aliphatic carbocycles. The van der Waals surface area contributed by atoms with Crippen LogP contribution >= 0.6 is 27.5 Å². The monoisotopic (exact) mass is 287 g/mol. The second kappa shape index (κ2) is 4.63. The van der Waals surface area contributed by atoms with Gasteiger partial charge in [0.2, 0.25) is 0 Å². The van der Waals surface area contributed by atoms with Crippen LogP contribution in [0.15, 0.2) is 33.6 Å². The van der Waals surface area contributed by atoms with Crippen molar-refractivity contribution in [1.82, 2.24) is 9.97 Å². The molecule has 4 nitrogen and oxygen atoms in total. The number of rotatable bonds is 3. The lowest BCUT2D eigenvalue weighted by atomic mass is 10.4. The zero-order valence-electron chi connectivity index (χ0n) is 7.58. The summed E-state index contributed by atoms with van der Waals surface area (Å²) in [6, 6.07) is 3.71. The maximum atomic E-state index is 5.81. The van der Waals surface area contributed by atoms with E-state index in [1.807, 2.05) is 12.1 Å². The van der Waals surface area contributed by atoms with Crippen molar-refractivity contribution in [2.75, 3.05) is 5.32 Å². The molecule has 0 atom stereocenters. The average Bonchev–Trinajstić information content (AvgIpc) is 2.73. The molecule has 0 bridgehead atoms. The molecule has 15 heavy (non-hydrogen) atoms. The van der Waals surface area contributed by atoms with Gasteiger partial charge in [0.05, 0.1) is 17.3 Å². The Kier molecular flexibility index (Phi) is 3.23. The van der Waals surface area contributed by atoms with Gasteiger partial charge in [-0.3, -0.25) is 0 Å². The van der Waals surface area contributed by atoms with Crippen molar-refractivity contribution < 1.29 is 4.42 Å². The van der Waals surface area contributed by atoms with Crippen molar-refractivity contribution >= 4 is 33.3 Å². The number of nitrogens with zero attached hydrogens (tertiary/aromatic N) is 2. The van der Waals surface area contributed by atoms with Gasteiger partial charge in [0.1, 0.15) is 23.1 Å². The fourth-order valence-electron chi connectivity index (χ4n) is 1.06. The third-order valence-corrected chi connectivity index (χ3v) is 3.02. The maximum absolute atomic E-state index is 5.81. The molecule has 2 aromatic heterocycles. The Labute approximate surface area is 99.8 Å². The Bertz CT molecular complexity index is 447. The Morgan fingerprint density at radius 3 is 3.07 bits per heavy atom. The Hall–Kier alpha value is -1.07. The number of halogens is 2. The smallest absolute Gasteiger partial charge is 0.148 e. The number of nitrogens with one attached hydrogen (secondary N) is 1. The summed E-state index contributed by atoms with van der Waals surface area (Å²) >= 11 is 9.11. The molecule has 0 saturated heterocycles. The van der Waals surface area contributed by atoms with Gasteiger partial charge in [0.15, 0.2) is 0 Å². The Morgan fingerprint density at radius 2 is 2.33 bits per heavy atom. The predicted molar refractivity (Wildman–Crippen MR) is 60.8 cm³/mol. The summed E-state index contributed by atoms with van der Waals surface area (Å²) in [5.74, 6) is 1.48. The molecular weight excluding hydrogens is 281 g/mol. The van der Waals surface area contributed by atoms with E-state index in [0.717, 1.165) is 5.76 Å². The molecule has 0 aliphatic heterocycles. The summed E-state index contributed by atoms with van der Waals surface area (Å²) in [7, 11) is 0. The highest BCUT2D eigenvalue weighted by atomic mass is 79.9. The SMILES string of the molecule is Clc1ncnc(NCc2ccco2)c1Br. The van der Waals surface area contributed by atoms with Crippen molar-refractivity contribution in [2.45, 2.75) is 6.54 Å². The van der Waals surface area contributed by atoms with Crippen LogP contribution in [-0.2, 0) is 6.54 Å². The first kappa shape index (κ1) is 10.4. The van der Waals surface area contributed by atoms with E-state index in [1.54, 1.807) is 6.26 Å². The minimum atomic E-state index is 0.381. The van der Waals surface area contributed by atoms with E-state index in [0.29, 0.717) is 22.0 Å². The van der Waals surface area contributed by atoms with E-state index in [2.05, 4.69) is 31.2 Å². The third-order valence-electron chi connectivity index (χ3n) is 1.76. The number of hydrogen-bond donors (Lipinski definition) is 1. The summed E-state index contributed by atoms with van der Waals surface area (Å²) in [6.07, 6.45) is 3.02. The number of hydrogen-bond acceptors (Lipinski definition) is 4.